The van der Waals surface area contributed by atoms with Crippen LogP contribution in [0.4, 0.5) is 0 Å². The van der Waals surface area contributed by atoms with Gasteiger partial charge in [-0.2, -0.15) is 0 Å². The summed E-state index contributed by atoms with van der Waals surface area (Å²) in [4.78, 5) is 22.4. The van der Waals surface area contributed by atoms with Gasteiger partial charge in [0, 0.05) is 0 Å². The molecule has 0 aliphatic rings. The molecule has 9 heteroatoms. The van der Waals surface area contributed by atoms with Gasteiger partial charge in [-0.05, 0) is 0 Å². The van der Waals surface area contributed by atoms with E-state index in [1.54, 1.807) is 0 Å². The van der Waals surface area contributed by atoms with Crippen LogP contribution in [0.5, 0.6) is 0 Å². The first-order chi connectivity index (χ1) is 8.32. The monoisotopic (exact) mass is 300 g/mol. The van der Waals surface area contributed by atoms with Gasteiger partial charge in [-0.3, -0.25) is 9.59 Å². The summed E-state index contributed by atoms with van der Waals surface area (Å²) in [6.45, 7) is 6.12. The van der Waals surface area contributed by atoms with Gasteiger partial charge < -0.3 is 14.0 Å². The third kappa shape index (κ3) is 8.95. The molecule has 0 spiro atoms. The van der Waals surface area contributed by atoms with Crippen LogP contribution < -0.4 is 29.6 Å². The molecule has 0 saturated carbocycles. The van der Waals surface area contributed by atoms with Gasteiger partial charge in [0.1, 0.15) is 23.3 Å². The van der Waals surface area contributed by atoms with Crippen molar-refractivity contribution in [3.63, 3.8) is 0 Å². The van der Waals surface area contributed by atoms with E-state index in [9.17, 15) is 22.6 Å². The molecule has 0 N–H and O–H groups in total. The Morgan fingerprint density at radius 1 is 1.16 bits per heavy atom. The zero-order valence-corrected chi connectivity index (χ0v) is 13.4. The van der Waals surface area contributed by atoms with Gasteiger partial charge in [0.2, 0.25) is 0 Å². The molecule has 1 atom stereocenters. The van der Waals surface area contributed by atoms with E-state index in [1.807, 2.05) is 0 Å². The van der Waals surface area contributed by atoms with E-state index in [4.69, 9.17) is 0 Å². The van der Waals surface area contributed by atoms with Crippen LogP contribution in [0.3, 0.4) is 0 Å². The Morgan fingerprint density at radius 3 is 2.05 bits per heavy atom. The Labute approximate surface area is 133 Å². The van der Waals surface area contributed by atoms with Crippen LogP contribution in [0.2, 0.25) is 0 Å². The van der Waals surface area contributed by atoms with Crippen molar-refractivity contribution in [1.29, 1.82) is 0 Å². The number of carbonyl (C=O) groups excluding carboxylic acids is 2. The van der Waals surface area contributed by atoms with Gasteiger partial charge >= 0.3 is 41.5 Å². The van der Waals surface area contributed by atoms with Crippen LogP contribution in [-0.4, -0.2) is 43.4 Å². The summed E-state index contributed by atoms with van der Waals surface area (Å²) in [5.41, 5.74) is 0. The number of rotatable bonds is 8. The quantitative estimate of drug-likeness (QED) is 0.200. The summed E-state index contributed by atoms with van der Waals surface area (Å²) in [5, 5.41) is -2.12. The van der Waals surface area contributed by atoms with E-state index < -0.39 is 33.7 Å². The molecular weight excluding hydrogens is 287 g/mol. The largest absolute Gasteiger partial charge is 1.00 e. The van der Waals surface area contributed by atoms with Gasteiger partial charge in [-0.25, -0.2) is 8.42 Å². The molecule has 0 bridgehead atoms. The second kappa shape index (κ2) is 10.2. The first-order valence-corrected chi connectivity index (χ1v) is 6.28. The maximum absolute atomic E-state index is 11.3. The van der Waals surface area contributed by atoms with Crippen LogP contribution in [0, 0.1) is 0 Å². The molecule has 0 fully saturated rings. The summed E-state index contributed by atoms with van der Waals surface area (Å²) >= 11 is 0. The Bertz CT molecular complexity index is 429. The maximum Gasteiger partial charge on any atom is 1.00 e. The number of hydrogen-bond donors (Lipinski definition) is 0. The second-order valence-corrected chi connectivity index (χ2v) is 4.63. The fourth-order valence-corrected chi connectivity index (χ4v) is 1.54. The van der Waals surface area contributed by atoms with Crippen LogP contribution in [0.25, 0.3) is 0 Å². The Balaban J connectivity index is 0. The molecule has 0 saturated heterocycles. The van der Waals surface area contributed by atoms with Gasteiger partial charge in [-0.15, -0.1) is 0 Å². The molecule has 0 aromatic heterocycles. The summed E-state index contributed by atoms with van der Waals surface area (Å²) in [7, 11) is -5.00. The van der Waals surface area contributed by atoms with E-state index in [0.29, 0.717) is 0 Å². The smallest absolute Gasteiger partial charge is 0.747 e. The van der Waals surface area contributed by atoms with E-state index in [0.717, 1.165) is 0 Å². The first kappa shape index (κ1) is 20.6. The van der Waals surface area contributed by atoms with Crippen LogP contribution in [0.1, 0.15) is 6.42 Å². The average molecular weight is 300 g/mol. The van der Waals surface area contributed by atoms with Crippen molar-refractivity contribution in [2.45, 2.75) is 11.7 Å². The zero-order chi connectivity index (χ0) is 14.2. The molecule has 0 radical (unpaired) electrons. The van der Waals surface area contributed by atoms with E-state index >= 15 is 0 Å². The Kier molecular flexibility index (Phi) is 11.0. The van der Waals surface area contributed by atoms with Gasteiger partial charge in [-0.1, -0.05) is 25.3 Å². The molecule has 0 aliphatic heterocycles. The molecule has 0 aromatic carbocycles. The predicted molar refractivity (Wildman–Crippen MR) is 60.4 cm³/mol. The summed E-state index contributed by atoms with van der Waals surface area (Å²) in [6, 6.07) is 0. The van der Waals surface area contributed by atoms with Crippen molar-refractivity contribution in [2.75, 3.05) is 13.2 Å². The van der Waals surface area contributed by atoms with Crippen molar-refractivity contribution in [3.05, 3.63) is 25.3 Å². The number of esters is 2. The fourth-order valence-electron chi connectivity index (χ4n) is 0.899. The molecule has 0 aliphatic carbocycles. The number of ether oxygens (including phenoxy) is 2. The SMILES string of the molecule is C=CCOC(=O)CC(C(=O)OCC=C)S(=O)(=O)[O-].[Na+]. The zero-order valence-electron chi connectivity index (χ0n) is 10.5. The molecule has 1 unspecified atom stereocenters. The maximum atomic E-state index is 11.3. The van der Waals surface area contributed by atoms with Crippen molar-refractivity contribution < 1.29 is 61.6 Å². The minimum atomic E-state index is -5.00. The predicted octanol–water partition coefficient (Wildman–Crippen LogP) is -3.25. The first-order valence-electron chi connectivity index (χ1n) is 4.81. The molecule has 0 rings (SSSR count). The number of carbonyl (C=O) groups is 2. The van der Waals surface area contributed by atoms with Crippen LogP contribution in [-0.2, 0) is 29.2 Å². The topological polar surface area (TPSA) is 110 Å². The minimum Gasteiger partial charge on any atom is -0.747 e. The van der Waals surface area contributed by atoms with Crippen LogP contribution in [0.15, 0.2) is 25.3 Å². The van der Waals surface area contributed by atoms with Crippen LogP contribution >= 0.6 is 0 Å². The van der Waals surface area contributed by atoms with Gasteiger partial charge in [0.15, 0.2) is 5.25 Å². The molecule has 19 heavy (non-hydrogen) atoms. The molecule has 0 amide bonds. The summed E-state index contributed by atoms with van der Waals surface area (Å²) < 4.78 is 41.4. The minimum absolute atomic E-state index is 0. The fraction of sp³-hybridized carbons (Fsp3) is 0.400. The van der Waals surface area contributed by atoms with Crippen molar-refractivity contribution in [2.24, 2.45) is 0 Å². The standard InChI is InChI=1S/C10H14O7S.Na/c1-3-5-16-9(11)7-8(18(13,14)15)10(12)17-6-4-2;/h3-4,8H,1-2,5-7H2,(H,13,14,15);/q;+1/p-1. The molecule has 7 nitrogen and oxygen atoms in total. The van der Waals surface area contributed by atoms with E-state index in [2.05, 4.69) is 22.6 Å². The normalized spacial score (nSPS) is 11.6. The summed E-state index contributed by atoms with van der Waals surface area (Å²) in [6.07, 6.45) is 1.56. The van der Waals surface area contributed by atoms with Gasteiger partial charge in [0.05, 0.1) is 6.42 Å². The molecule has 0 aromatic rings. The third-order valence-electron chi connectivity index (χ3n) is 1.67. The average Bonchev–Trinajstić information content (AvgIpc) is 2.28. The Morgan fingerprint density at radius 2 is 1.63 bits per heavy atom. The summed E-state index contributed by atoms with van der Waals surface area (Å²) in [5.74, 6) is -2.31. The third-order valence-corrected chi connectivity index (χ3v) is 2.73. The van der Waals surface area contributed by atoms with E-state index in [1.165, 1.54) is 12.2 Å². The van der Waals surface area contributed by atoms with Crippen molar-refractivity contribution in [3.8, 4) is 0 Å². The van der Waals surface area contributed by atoms with Gasteiger partial charge in [0.25, 0.3) is 0 Å². The molecule has 102 valence electrons. The Hall–Kier alpha value is -0.670. The van der Waals surface area contributed by atoms with Crippen molar-refractivity contribution in [1.82, 2.24) is 0 Å². The van der Waals surface area contributed by atoms with Crippen molar-refractivity contribution >= 4 is 22.1 Å². The van der Waals surface area contributed by atoms with E-state index in [-0.39, 0.29) is 42.8 Å². The molecule has 0 heterocycles. The number of hydrogen-bond acceptors (Lipinski definition) is 7. The second-order valence-electron chi connectivity index (χ2n) is 3.08. The molecular formula is C10H13NaO7S.